The van der Waals surface area contributed by atoms with E-state index in [4.69, 9.17) is 46.4 Å². The summed E-state index contributed by atoms with van der Waals surface area (Å²) < 4.78 is 0. The Morgan fingerprint density at radius 1 is 1.06 bits per heavy atom. The first-order valence-corrected chi connectivity index (χ1v) is 5.78. The third-order valence-electron chi connectivity index (χ3n) is 1.94. The molecule has 0 saturated heterocycles. The Kier molecular flexibility index (Phi) is 3.60. The molecule has 0 N–H and O–H groups in total. The van der Waals surface area contributed by atoms with Gasteiger partial charge in [0.05, 0.1) is 25.8 Å². The molecule has 0 bridgehead atoms. The highest BCUT2D eigenvalue weighted by Gasteiger charge is 2.13. The lowest BCUT2D eigenvalue weighted by Crippen LogP contribution is -1.87. The van der Waals surface area contributed by atoms with Gasteiger partial charge in [0, 0.05) is 17.8 Å². The number of pyridine rings is 1. The van der Waals surface area contributed by atoms with Gasteiger partial charge in [0.15, 0.2) is 0 Å². The third-order valence-corrected chi connectivity index (χ3v) is 3.05. The Bertz CT molecular complexity index is 519. The van der Waals surface area contributed by atoms with Crippen molar-refractivity contribution in [2.45, 2.75) is 0 Å². The van der Waals surface area contributed by atoms with Crippen LogP contribution in [0.2, 0.25) is 20.1 Å². The second kappa shape index (κ2) is 4.80. The van der Waals surface area contributed by atoms with E-state index >= 15 is 0 Å². The van der Waals surface area contributed by atoms with Crippen LogP contribution in [0.5, 0.6) is 0 Å². The van der Waals surface area contributed by atoms with Crippen LogP contribution in [0.1, 0.15) is 0 Å². The van der Waals surface area contributed by atoms with E-state index in [1.165, 1.54) is 6.20 Å². The molecule has 1 nitrogen and oxygen atoms in total. The minimum atomic E-state index is 0.379. The second-order valence-corrected chi connectivity index (χ2v) is 4.63. The van der Waals surface area contributed by atoms with E-state index in [0.29, 0.717) is 31.3 Å². The second-order valence-electron chi connectivity index (χ2n) is 3.00. The van der Waals surface area contributed by atoms with E-state index in [1.54, 1.807) is 18.2 Å². The molecular formula is C11H4Cl4N. The number of aromatic nitrogens is 1. The summed E-state index contributed by atoms with van der Waals surface area (Å²) in [7, 11) is 0. The van der Waals surface area contributed by atoms with Crippen LogP contribution in [0, 0.1) is 6.07 Å². The summed E-state index contributed by atoms with van der Waals surface area (Å²) in [5.41, 5.74) is 1.06. The molecule has 0 aliphatic rings. The topological polar surface area (TPSA) is 12.9 Å². The molecule has 0 unspecified atom stereocenters. The quantitative estimate of drug-likeness (QED) is 0.707. The van der Waals surface area contributed by atoms with Crippen LogP contribution >= 0.6 is 46.4 Å². The molecule has 0 saturated carbocycles. The van der Waals surface area contributed by atoms with Gasteiger partial charge in [-0.15, -0.1) is 0 Å². The van der Waals surface area contributed by atoms with Crippen LogP contribution in [-0.4, -0.2) is 4.98 Å². The summed E-state index contributed by atoms with van der Waals surface area (Å²) in [6.07, 6.45) is 1.49. The monoisotopic (exact) mass is 290 g/mol. The van der Waals surface area contributed by atoms with E-state index in [1.807, 2.05) is 0 Å². The minimum absolute atomic E-state index is 0.379. The first-order chi connectivity index (χ1) is 7.59. The lowest BCUT2D eigenvalue weighted by molar-refractivity contribution is 1.32. The van der Waals surface area contributed by atoms with Gasteiger partial charge in [0.2, 0.25) is 0 Å². The van der Waals surface area contributed by atoms with Crippen molar-refractivity contribution in [2.75, 3.05) is 0 Å². The average molecular weight is 292 g/mol. The SMILES string of the molecule is Clc1cnc(-c2c(Cl)[c]ccc2Cl)c(Cl)c1. The fourth-order valence-corrected chi connectivity index (χ4v) is 2.29. The van der Waals surface area contributed by atoms with Gasteiger partial charge >= 0.3 is 0 Å². The highest BCUT2D eigenvalue weighted by atomic mass is 35.5. The van der Waals surface area contributed by atoms with Crippen molar-refractivity contribution in [2.24, 2.45) is 0 Å². The number of benzene rings is 1. The number of halogens is 4. The van der Waals surface area contributed by atoms with Gasteiger partial charge in [0.1, 0.15) is 0 Å². The molecule has 1 heterocycles. The molecule has 0 spiro atoms. The van der Waals surface area contributed by atoms with Crippen molar-refractivity contribution in [3.8, 4) is 11.3 Å². The van der Waals surface area contributed by atoms with Crippen molar-refractivity contribution in [3.63, 3.8) is 0 Å². The molecule has 2 aromatic rings. The van der Waals surface area contributed by atoms with Crippen molar-refractivity contribution in [3.05, 3.63) is 50.6 Å². The molecule has 81 valence electrons. The predicted octanol–water partition coefficient (Wildman–Crippen LogP) is 5.16. The molecular weight excluding hydrogens is 288 g/mol. The zero-order valence-corrected chi connectivity index (χ0v) is 10.8. The molecule has 5 heteroatoms. The minimum Gasteiger partial charge on any atom is -0.253 e. The van der Waals surface area contributed by atoms with E-state index in [9.17, 15) is 0 Å². The average Bonchev–Trinajstić information content (AvgIpc) is 2.20. The molecule has 2 rings (SSSR count). The predicted molar refractivity (Wildman–Crippen MR) is 68.5 cm³/mol. The van der Waals surface area contributed by atoms with Gasteiger partial charge in [-0.05, 0) is 12.1 Å². The van der Waals surface area contributed by atoms with Crippen LogP contribution in [0.25, 0.3) is 11.3 Å². The Morgan fingerprint density at radius 2 is 1.81 bits per heavy atom. The number of rotatable bonds is 1. The Balaban J connectivity index is 2.68. The maximum atomic E-state index is 6.04. The normalized spacial score (nSPS) is 10.5. The number of hydrogen-bond donors (Lipinski definition) is 0. The van der Waals surface area contributed by atoms with Crippen molar-refractivity contribution in [1.29, 1.82) is 0 Å². The summed E-state index contributed by atoms with van der Waals surface area (Å²) in [6.45, 7) is 0. The smallest absolute Gasteiger partial charge is 0.0919 e. The van der Waals surface area contributed by atoms with E-state index < -0.39 is 0 Å². The maximum absolute atomic E-state index is 6.04. The Labute approximate surface area is 113 Å². The Hall–Kier alpha value is -0.470. The van der Waals surface area contributed by atoms with Gasteiger partial charge in [-0.25, -0.2) is 0 Å². The molecule has 0 fully saturated rings. The van der Waals surface area contributed by atoms with Crippen molar-refractivity contribution >= 4 is 46.4 Å². The summed E-state index contributed by atoms with van der Waals surface area (Å²) in [4.78, 5) is 4.12. The summed E-state index contributed by atoms with van der Waals surface area (Å²) in [5.74, 6) is 0. The molecule has 1 aromatic carbocycles. The van der Waals surface area contributed by atoms with Crippen LogP contribution in [-0.2, 0) is 0 Å². The van der Waals surface area contributed by atoms with Gasteiger partial charge in [-0.1, -0.05) is 52.5 Å². The maximum Gasteiger partial charge on any atom is 0.0919 e. The van der Waals surface area contributed by atoms with E-state index in [2.05, 4.69) is 11.1 Å². The molecule has 1 aromatic heterocycles. The molecule has 0 aliphatic carbocycles. The summed E-state index contributed by atoms with van der Waals surface area (Å²) in [5, 5.41) is 1.71. The lowest BCUT2D eigenvalue weighted by Gasteiger charge is -2.07. The van der Waals surface area contributed by atoms with Crippen molar-refractivity contribution in [1.82, 2.24) is 4.98 Å². The Morgan fingerprint density at radius 3 is 2.44 bits per heavy atom. The fourth-order valence-electron chi connectivity index (χ4n) is 1.26. The zero-order chi connectivity index (χ0) is 11.7. The van der Waals surface area contributed by atoms with Gasteiger partial charge in [-0.3, -0.25) is 4.98 Å². The fraction of sp³-hybridized carbons (Fsp3) is 0. The highest BCUT2D eigenvalue weighted by Crippen LogP contribution is 2.37. The number of nitrogens with zero attached hydrogens (tertiary/aromatic N) is 1. The summed E-state index contributed by atoms with van der Waals surface area (Å²) in [6, 6.07) is 7.73. The van der Waals surface area contributed by atoms with E-state index in [-0.39, 0.29) is 0 Å². The van der Waals surface area contributed by atoms with Crippen LogP contribution in [0.3, 0.4) is 0 Å². The van der Waals surface area contributed by atoms with Crippen LogP contribution in [0.4, 0.5) is 0 Å². The molecule has 0 atom stereocenters. The van der Waals surface area contributed by atoms with E-state index in [0.717, 1.165) is 0 Å². The van der Waals surface area contributed by atoms with Crippen LogP contribution < -0.4 is 0 Å². The third kappa shape index (κ3) is 2.28. The number of hydrogen-bond acceptors (Lipinski definition) is 1. The first kappa shape index (κ1) is 12.0. The van der Waals surface area contributed by atoms with Gasteiger partial charge in [-0.2, -0.15) is 0 Å². The largest absolute Gasteiger partial charge is 0.253 e. The van der Waals surface area contributed by atoms with Crippen LogP contribution in [0.15, 0.2) is 24.4 Å². The molecule has 0 aliphatic heterocycles. The first-order valence-electron chi connectivity index (χ1n) is 4.26. The standard InChI is InChI=1S/C11H4Cl4N/c12-6-4-9(15)11(16-5-6)10-7(13)2-1-3-8(10)14/h1-2,4-5H. The molecule has 1 radical (unpaired) electrons. The van der Waals surface area contributed by atoms with Crippen molar-refractivity contribution < 1.29 is 0 Å². The molecule has 16 heavy (non-hydrogen) atoms. The highest BCUT2D eigenvalue weighted by molar-refractivity contribution is 6.41. The molecule has 0 amide bonds. The van der Waals surface area contributed by atoms with Gasteiger partial charge < -0.3 is 0 Å². The zero-order valence-electron chi connectivity index (χ0n) is 7.77. The van der Waals surface area contributed by atoms with Gasteiger partial charge in [0.25, 0.3) is 0 Å². The lowest BCUT2D eigenvalue weighted by atomic mass is 10.1. The summed E-state index contributed by atoms with van der Waals surface area (Å²) >= 11 is 23.8.